The highest BCUT2D eigenvalue weighted by Crippen LogP contribution is 2.02. The summed E-state index contributed by atoms with van der Waals surface area (Å²) < 4.78 is 0. The van der Waals surface area contributed by atoms with Crippen LogP contribution in [0.1, 0.15) is 6.92 Å². The van der Waals surface area contributed by atoms with Crippen molar-refractivity contribution in [1.82, 2.24) is 4.98 Å². The molecule has 13 heavy (non-hydrogen) atoms. The Morgan fingerprint density at radius 1 is 1.54 bits per heavy atom. The minimum Gasteiger partial charge on any atom is -0.422 e. The first-order valence-corrected chi connectivity index (χ1v) is 3.87. The van der Waals surface area contributed by atoms with Crippen molar-refractivity contribution in [1.29, 1.82) is 0 Å². The molecule has 70 valence electrons. The zero-order valence-electron chi connectivity index (χ0n) is 7.18. The van der Waals surface area contributed by atoms with Crippen LogP contribution in [-0.2, 0) is 0 Å². The molecule has 0 fully saturated rings. The molecular formula is C7H11BN2O3. The van der Waals surface area contributed by atoms with Crippen LogP contribution in [0.4, 0.5) is 5.69 Å². The average molecular weight is 182 g/mol. The van der Waals surface area contributed by atoms with Crippen LogP contribution in [0.25, 0.3) is 0 Å². The maximum Gasteiger partial charge on any atom is 0.510 e. The molecular weight excluding hydrogens is 171 g/mol. The molecule has 4 N–H and O–H groups in total. The summed E-state index contributed by atoms with van der Waals surface area (Å²) in [6, 6.07) is 3.24. The van der Waals surface area contributed by atoms with Crippen LogP contribution in [0.5, 0.6) is 0 Å². The van der Waals surface area contributed by atoms with E-state index >= 15 is 0 Å². The van der Waals surface area contributed by atoms with E-state index in [1.807, 2.05) is 0 Å². The molecule has 1 rings (SSSR count). The quantitative estimate of drug-likeness (QED) is 0.338. The Morgan fingerprint density at radius 2 is 2.23 bits per heavy atom. The summed E-state index contributed by atoms with van der Waals surface area (Å²) in [5.41, 5.74) is 0.510. The van der Waals surface area contributed by atoms with Crippen molar-refractivity contribution >= 4 is 18.4 Å². The fraction of sp³-hybridized carbons (Fsp3) is 0.286. The Balaban J connectivity index is 2.91. The first-order chi connectivity index (χ1) is 6.11. The van der Waals surface area contributed by atoms with Crippen molar-refractivity contribution < 1.29 is 15.2 Å². The smallest absolute Gasteiger partial charge is 0.422 e. The zero-order valence-corrected chi connectivity index (χ0v) is 7.18. The minimum atomic E-state index is -1.64. The molecule has 6 heteroatoms. The molecule has 0 aliphatic carbocycles. The first kappa shape index (κ1) is 9.98. The van der Waals surface area contributed by atoms with Crippen molar-refractivity contribution in [3.8, 4) is 0 Å². The molecule has 1 atom stereocenters. The Morgan fingerprint density at radius 3 is 2.77 bits per heavy atom. The van der Waals surface area contributed by atoms with Crippen LogP contribution in [0.3, 0.4) is 0 Å². The predicted octanol–water partition coefficient (Wildman–Crippen LogP) is -1.49. The lowest BCUT2D eigenvalue weighted by Gasteiger charge is -2.12. The SMILES string of the molecule is CC(O)Nc1cccnc1B(O)O. The van der Waals surface area contributed by atoms with Crippen molar-refractivity contribution in [2.45, 2.75) is 13.2 Å². The molecule has 0 aliphatic rings. The van der Waals surface area contributed by atoms with E-state index in [1.165, 1.54) is 13.1 Å². The van der Waals surface area contributed by atoms with Gasteiger partial charge in [0.25, 0.3) is 0 Å². The van der Waals surface area contributed by atoms with Gasteiger partial charge in [0.2, 0.25) is 0 Å². The number of aliphatic hydroxyl groups excluding tert-OH is 1. The summed E-state index contributed by atoms with van der Waals surface area (Å²) in [5.74, 6) is 0. The lowest BCUT2D eigenvalue weighted by Crippen LogP contribution is -2.36. The van der Waals surface area contributed by atoms with Gasteiger partial charge in [-0.05, 0) is 19.1 Å². The van der Waals surface area contributed by atoms with Crippen LogP contribution in [-0.4, -0.2) is 33.5 Å². The number of anilines is 1. The Labute approximate surface area is 76.2 Å². The summed E-state index contributed by atoms with van der Waals surface area (Å²) in [4.78, 5) is 3.76. The first-order valence-electron chi connectivity index (χ1n) is 3.87. The van der Waals surface area contributed by atoms with Crippen molar-refractivity contribution in [3.05, 3.63) is 18.3 Å². The second-order valence-corrected chi connectivity index (χ2v) is 2.63. The van der Waals surface area contributed by atoms with Gasteiger partial charge >= 0.3 is 7.12 Å². The van der Waals surface area contributed by atoms with Crippen LogP contribution in [0.2, 0.25) is 0 Å². The van der Waals surface area contributed by atoms with Gasteiger partial charge in [-0.15, -0.1) is 0 Å². The standard InChI is InChI=1S/C7H11BN2O3/c1-5(11)10-6-3-2-4-9-7(6)8(12)13/h2-5,10-13H,1H3. The number of pyridine rings is 1. The summed E-state index contributed by atoms with van der Waals surface area (Å²) in [6.07, 6.45) is 0.684. The highest BCUT2D eigenvalue weighted by Gasteiger charge is 2.17. The second-order valence-electron chi connectivity index (χ2n) is 2.63. The minimum absolute atomic E-state index is 0.100. The molecule has 0 bridgehead atoms. The summed E-state index contributed by atoms with van der Waals surface area (Å²) >= 11 is 0. The van der Waals surface area contributed by atoms with E-state index in [9.17, 15) is 0 Å². The fourth-order valence-corrected chi connectivity index (χ4v) is 0.970. The highest BCUT2D eigenvalue weighted by molar-refractivity contribution is 6.59. The van der Waals surface area contributed by atoms with E-state index in [-0.39, 0.29) is 5.59 Å². The molecule has 0 amide bonds. The number of rotatable bonds is 3. The summed E-state index contributed by atoms with van der Waals surface area (Å²) in [5, 5.41) is 29.4. The number of nitrogens with zero attached hydrogens (tertiary/aromatic N) is 1. The van der Waals surface area contributed by atoms with Crippen LogP contribution in [0, 0.1) is 0 Å². The number of hydrogen-bond acceptors (Lipinski definition) is 5. The van der Waals surface area contributed by atoms with E-state index in [1.54, 1.807) is 12.1 Å². The third-order valence-corrected chi connectivity index (χ3v) is 1.45. The van der Waals surface area contributed by atoms with Crippen molar-refractivity contribution in [2.75, 3.05) is 5.32 Å². The molecule has 0 saturated heterocycles. The van der Waals surface area contributed by atoms with Crippen LogP contribution < -0.4 is 10.9 Å². The average Bonchev–Trinajstić information content (AvgIpc) is 2.03. The van der Waals surface area contributed by atoms with Crippen molar-refractivity contribution in [3.63, 3.8) is 0 Å². The summed E-state index contributed by atoms with van der Waals surface area (Å²) in [7, 11) is -1.64. The van der Waals surface area contributed by atoms with E-state index in [2.05, 4.69) is 10.3 Å². The molecule has 1 aromatic heterocycles. The monoisotopic (exact) mass is 182 g/mol. The third-order valence-electron chi connectivity index (χ3n) is 1.45. The van der Waals surface area contributed by atoms with Gasteiger partial charge in [0.05, 0.1) is 11.3 Å². The van der Waals surface area contributed by atoms with E-state index in [0.717, 1.165) is 0 Å². The topological polar surface area (TPSA) is 85.6 Å². The van der Waals surface area contributed by atoms with Gasteiger partial charge in [-0.25, -0.2) is 0 Å². The molecule has 0 radical (unpaired) electrons. The van der Waals surface area contributed by atoms with Gasteiger partial charge in [0.15, 0.2) is 0 Å². The van der Waals surface area contributed by atoms with Crippen LogP contribution in [0.15, 0.2) is 18.3 Å². The van der Waals surface area contributed by atoms with E-state index in [4.69, 9.17) is 15.2 Å². The maximum absolute atomic E-state index is 9.01. The van der Waals surface area contributed by atoms with Gasteiger partial charge in [0, 0.05) is 6.20 Å². The predicted molar refractivity (Wildman–Crippen MR) is 49.4 cm³/mol. The molecule has 1 unspecified atom stereocenters. The molecule has 0 spiro atoms. The van der Waals surface area contributed by atoms with Gasteiger partial charge < -0.3 is 20.5 Å². The van der Waals surface area contributed by atoms with Gasteiger partial charge in [-0.3, -0.25) is 4.98 Å². The summed E-state index contributed by atoms with van der Waals surface area (Å²) in [6.45, 7) is 1.53. The van der Waals surface area contributed by atoms with Crippen LogP contribution >= 0.6 is 0 Å². The molecule has 0 aromatic carbocycles. The molecule has 1 aromatic rings. The highest BCUT2D eigenvalue weighted by atomic mass is 16.4. The lowest BCUT2D eigenvalue weighted by molar-refractivity contribution is 0.224. The lowest BCUT2D eigenvalue weighted by atomic mass is 9.84. The Bertz CT molecular complexity index is 280. The normalized spacial score (nSPS) is 12.3. The zero-order chi connectivity index (χ0) is 9.84. The number of hydrogen-bond donors (Lipinski definition) is 4. The van der Waals surface area contributed by atoms with Gasteiger partial charge in [0.1, 0.15) is 6.23 Å². The number of nitrogens with one attached hydrogen (secondary N) is 1. The molecule has 0 aliphatic heterocycles. The second kappa shape index (κ2) is 4.22. The largest absolute Gasteiger partial charge is 0.510 e. The molecule has 1 heterocycles. The van der Waals surface area contributed by atoms with Gasteiger partial charge in [-0.2, -0.15) is 0 Å². The maximum atomic E-state index is 9.01. The van der Waals surface area contributed by atoms with E-state index < -0.39 is 13.3 Å². The Kier molecular flexibility index (Phi) is 3.24. The third kappa shape index (κ3) is 2.69. The number of aromatic nitrogens is 1. The molecule has 0 saturated carbocycles. The Hall–Kier alpha value is -1.11. The van der Waals surface area contributed by atoms with E-state index in [0.29, 0.717) is 5.69 Å². The fourth-order valence-electron chi connectivity index (χ4n) is 0.970. The number of aliphatic hydroxyl groups is 1. The molecule has 5 nitrogen and oxygen atoms in total. The van der Waals surface area contributed by atoms with Crippen molar-refractivity contribution in [2.24, 2.45) is 0 Å². The van der Waals surface area contributed by atoms with Gasteiger partial charge in [-0.1, -0.05) is 0 Å².